The van der Waals surface area contributed by atoms with Gasteiger partial charge in [0.1, 0.15) is 22.9 Å². The van der Waals surface area contributed by atoms with E-state index >= 15 is 0 Å². The van der Waals surface area contributed by atoms with Gasteiger partial charge in [-0.2, -0.15) is 0 Å². The number of sulfonamides is 1. The number of aromatic nitrogens is 2. The predicted molar refractivity (Wildman–Crippen MR) is 168 cm³/mol. The highest BCUT2D eigenvalue weighted by Crippen LogP contribution is 2.44. The van der Waals surface area contributed by atoms with E-state index in [1.807, 2.05) is 84.3 Å². The lowest BCUT2D eigenvalue weighted by atomic mass is 9.96. The Hall–Kier alpha value is -5.09. The number of amides is 1. The van der Waals surface area contributed by atoms with E-state index in [0.29, 0.717) is 46.0 Å². The smallest absolute Gasteiger partial charge is 0.255 e. The molecule has 0 bridgehead atoms. The van der Waals surface area contributed by atoms with Crippen molar-refractivity contribution < 1.29 is 22.4 Å². The van der Waals surface area contributed by atoms with Gasteiger partial charge in [-0.15, -0.1) is 0 Å². The Bertz CT molecular complexity index is 2200. The molecule has 3 heterocycles. The molecule has 1 N–H and O–H groups in total. The van der Waals surface area contributed by atoms with Gasteiger partial charge in [0, 0.05) is 36.7 Å². The maximum atomic E-state index is 13.3. The zero-order chi connectivity index (χ0) is 30.0. The van der Waals surface area contributed by atoms with Gasteiger partial charge in [0.05, 0.1) is 34.1 Å². The first-order chi connectivity index (χ1) is 20.6. The van der Waals surface area contributed by atoms with Crippen LogP contribution in [0.4, 0.5) is 5.69 Å². The Morgan fingerprint density at radius 2 is 1.72 bits per heavy atom. The van der Waals surface area contributed by atoms with Gasteiger partial charge in [0.2, 0.25) is 10.0 Å². The molecular weight excluding hydrogens is 564 g/mol. The highest BCUT2D eigenvalue weighted by molar-refractivity contribution is 7.92. The molecule has 0 saturated carbocycles. The molecule has 0 radical (unpaired) electrons. The lowest BCUT2D eigenvalue weighted by molar-refractivity contribution is 0.0964. The Kier molecular flexibility index (Phi) is 6.07. The number of carbonyl (C=O) groups is 1. The van der Waals surface area contributed by atoms with Gasteiger partial charge in [-0.1, -0.05) is 48.0 Å². The minimum Gasteiger partial charge on any atom is -0.472 e. The monoisotopic (exact) mass is 592 g/mol. The summed E-state index contributed by atoms with van der Waals surface area (Å²) in [4.78, 5) is 18.2. The summed E-state index contributed by atoms with van der Waals surface area (Å²) in [6, 6.07) is 24.8. The molecule has 6 aromatic rings. The normalized spacial score (nSPS) is 12.6. The second-order valence-electron chi connectivity index (χ2n) is 10.7. The van der Waals surface area contributed by atoms with Gasteiger partial charge in [0.15, 0.2) is 6.73 Å². The molecule has 1 aliphatic heterocycles. The number of hydrogen-bond donors (Lipinski definition) is 1. The minimum absolute atomic E-state index is 0.308. The summed E-state index contributed by atoms with van der Waals surface area (Å²) in [5.41, 5.74) is 6.94. The van der Waals surface area contributed by atoms with Crippen molar-refractivity contribution in [3.8, 4) is 39.6 Å². The van der Waals surface area contributed by atoms with Crippen molar-refractivity contribution in [2.45, 2.75) is 13.7 Å². The van der Waals surface area contributed by atoms with Crippen molar-refractivity contribution in [2.24, 2.45) is 0 Å². The minimum atomic E-state index is -3.65. The van der Waals surface area contributed by atoms with Crippen molar-refractivity contribution in [1.29, 1.82) is 0 Å². The third-order valence-electron chi connectivity index (χ3n) is 7.95. The molecule has 2 aromatic heterocycles. The number of hydrogen-bond acceptors (Lipinski definition) is 6. The highest BCUT2D eigenvalue weighted by Gasteiger charge is 2.27. The summed E-state index contributed by atoms with van der Waals surface area (Å²) in [7, 11) is -0.572. The Labute approximate surface area is 248 Å². The number of fused-ring (bicyclic) bond motifs is 6. The lowest BCUT2D eigenvalue weighted by Crippen LogP contribution is -2.25. The fourth-order valence-electron chi connectivity index (χ4n) is 5.61. The van der Waals surface area contributed by atoms with Crippen molar-refractivity contribution in [1.82, 2.24) is 14.9 Å². The zero-order valence-electron chi connectivity index (χ0n) is 24.0. The molecule has 0 aliphatic carbocycles. The van der Waals surface area contributed by atoms with Crippen LogP contribution in [0.2, 0.25) is 0 Å². The number of anilines is 1. The van der Waals surface area contributed by atoms with E-state index in [2.05, 4.69) is 5.32 Å². The number of rotatable bonds is 5. The van der Waals surface area contributed by atoms with E-state index in [0.717, 1.165) is 45.4 Å². The summed E-state index contributed by atoms with van der Waals surface area (Å²) in [5, 5.41) is 3.30. The molecule has 0 unspecified atom stereocenters. The number of aryl methyl sites for hydroxylation is 1. The number of para-hydroxylation sites is 2. The van der Waals surface area contributed by atoms with Crippen LogP contribution < -0.4 is 14.4 Å². The summed E-state index contributed by atoms with van der Waals surface area (Å²) in [6.45, 7) is 2.32. The number of furan rings is 1. The van der Waals surface area contributed by atoms with Gasteiger partial charge in [0.25, 0.3) is 5.91 Å². The second-order valence-corrected chi connectivity index (χ2v) is 12.7. The van der Waals surface area contributed by atoms with Crippen LogP contribution in [0.3, 0.4) is 0 Å². The van der Waals surface area contributed by atoms with Crippen LogP contribution >= 0.6 is 0 Å². The van der Waals surface area contributed by atoms with Crippen molar-refractivity contribution in [3.63, 3.8) is 0 Å². The third kappa shape index (κ3) is 4.33. The van der Waals surface area contributed by atoms with Gasteiger partial charge in [-0.05, 0) is 42.8 Å². The highest BCUT2D eigenvalue weighted by atomic mass is 32.2. The topological polar surface area (TPSA) is 107 Å². The number of nitrogens with one attached hydrogen (secondary N) is 1. The van der Waals surface area contributed by atoms with Gasteiger partial charge in [-0.3, -0.25) is 13.7 Å². The summed E-state index contributed by atoms with van der Waals surface area (Å²) >= 11 is 0. The molecule has 1 amide bonds. The van der Waals surface area contributed by atoms with Crippen LogP contribution in [0.1, 0.15) is 15.9 Å². The fraction of sp³-hybridized carbons (Fsp3) is 0.152. The molecule has 0 atom stereocenters. The van der Waals surface area contributed by atoms with E-state index in [4.69, 9.17) is 14.1 Å². The quantitative estimate of drug-likeness (QED) is 0.256. The molecule has 4 aromatic carbocycles. The summed E-state index contributed by atoms with van der Waals surface area (Å²) < 4.78 is 41.3. The Morgan fingerprint density at radius 3 is 2.47 bits per heavy atom. The van der Waals surface area contributed by atoms with Crippen LogP contribution in [0, 0.1) is 6.92 Å². The molecular formula is C33H28N4O5S. The molecule has 7 rings (SSSR count). The maximum Gasteiger partial charge on any atom is 0.255 e. The Balaban J connectivity index is 1.49. The SMILES string of the molecule is CNC(=O)c1c(-c2ccc(C)cc2)oc2cc(N(C)S(C)(=O)=O)c(-c3ccc4c(c3)-c3nc5ccccc5n3CO4)cc12. The first-order valence-corrected chi connectivity index (χ1v) is 15.6. The number of imidazole rings is 1. The second kappa shape index (κ2) is 9.74. The molecule has 0 spiro atoms. The molecule has 0 saturated heterocycles. The molecule has 9 nitrogen and oxygen atoms in total. The van der Waals surface area contributed by atoms with Crippen LogP contribution in [0.5, 0.6) is 5.75 Å². The first kappa shape index (κ1) is 26.8. The van der Waals surface area contributed by atoms with Gasteiger partial charge in [-0.25, -0.2) is 13.4 Å². The predicted octanol–water partition coefficient (Wildman–Crippen LogP) is 6.20. The number of ether oxygens (including phenoxy) is 1. The molecule has 216 valence electrons. The van der Waals surface area contributed by atoms with Gasteiger partial charge >= 0.3 is 0 Å². The standard InChI is InChI=1S/C33H28N4O5S/c1-19-9-11-20(12-10-19)31-30(33(38)34-2)23-16-22(27(17-29(23)42-31)36(3)43(4,39)40)21-13-14-28-24(15-21)32-35-25-7-5-6-8-26(25)37(32)18-41-28/h5-17H,18H2,1-4H3,(H,34,38). The zero-order valence-corrected chi connectivity index (χ0v) is 24.8. The average Bonchev–Trinajstić information content (AvgIpc) is 3.58. The lowest BCUT2D eigenvalue weighted by Gasteiger charge is -2.23. The van der Waals surface area contributed by atoms with E-state index in [9.17, 15) is 13.2 Å². The van der Waals surface area contributed by atoms with Crippen LogP contribution in [0.25, 0.3) is 55.8 Å². The number of carbonyl (C=O) groups excluding carboxylic acids is 1. The average molecular weight is 593 g/mol. The van der Waals surface area contributed by atoms with Crippen LogP contribution in [-0.2, 0) is 16.8 Å². The molecule has 0 fully saturated rings. The molecule has 10 heteroatoms. The van der Waals surface area contributed by atoms with Crippen LogP contribution in [0.15, 0.2) is 83.3 Å². The third-order valence-corrected chi connectivity index (χ3v) is 9.14. The van der Waals surface area contributed by atoms with Crippen molar-refractivity contribution in [3.05, 3.63) is 90.0 Å². The summed E-state index contributed by atoms with van der Waals surface area (Å²) in [6.07, 6.45) is 1.15. The van der Waals surface area contributed by atoms with Crippen LogP contribution in [-0.4, -0.2) is 44.2 Å². The Morgan fingerprint density at radius 1 is 0.977 bits per heavy atom. The largest absolute Gasteiger partial charge is 0.472 e. The van der Waals surface area contributed by atoms with E-state index in [1.165, 1.54) is 11.4 Å². The van der Waals surface area contributed by atoms with E-state index in [1.54, 1.807) is 13.1 Å². The number of benzene rings is 4. The van der Waals surface area contributed by atoms with Crippen molar-refractivity contribution >= 4 is 43.6 Å². The molecule has 43 heavy (non-hydrogen) atoms. The first-order valence-electron chi connectivity index (χ1n) is 13.7. The fourth-order valence-corrected chi connectivity index (χ4v) is 6.11. The molecule has 1 aliphatic rings. The van der Waals surface area contributed by atoms with E-state index in [-0.39, 0.29) is 5.91 Å². The number of nitrogens with zero attached hydrogens (tertiary/aromatic N) is 3. The van der Waals surface area contributed by atoms with Gasteiger partial charge < -0.3 is 14.5 Å². The summed E-state index contributed by atoms with van der Waals surface area (Å²) in [5.74, 6) is 1.55. The van der Waals surface area contributed by atoms with E-state index < -0.39 is 10.0 Å². The maximum absolute atomic E-state index is 13.3. The van der Waals surface area contributed by atoms with Crippen molar-refractivity contribution in [2.75, 3.05) is 24.7 Å².